The second-order valence-corrected chi connectivity index (χ2v) is 8.60. The molecule has 140 valence electrons. The molecular formula is C20H21N3O3S. The molecule has 0 aliphatic carbocycles. The Labute approximate surface area is 158 Å². The van der Waals surface area contributed by atoms with E-state index in [2.05, 4.69) is 10.1 Å². The largest absolute Gasteiger partial charge is 0.339 e. The first kappa shape index (κ1) is 17.9. The van der Waals surface area contributed by atoms with Crippen LogP contribution in [-0.4, -0.2) is 36.0 Å². The second-order valence-electron chi connectivity index (χ2n) is 6.66. The molecule has 0 spiro atoms. The molecule has 6 nitrogen and oxygen atoms in total. The van der Waals surface area contributed by atoms with Gasteiger partial charge in [0.1, 0.15) is 0 Å². The average molecular weight is 383 g/mol. The highest BCUT2D eigenvalue weighted by atomic mass is 32.2. The Morgan fingerprint density at radius 1 is 0.926 bits per heavy atom. The number of hydrogen-bond acceptors (Lipinski definition) is 5. The van der Waals surface area contributed by atoms with E-state index >= 15 is 0 Å². The number of sulfonamides is 1. The Kier molecular flexibility index (Phi) is 5.05. The number of nitrogens with zero attached hydrogens (tertiary/aromatic N) is 3. The molecule has 1 aliphatic rings. The quantitative estimate of drug-likeness (QED) is 0.674. The maximum atomic E-state index is 12.7. The van der Waals surface area contributed by atoms with Crippen molar-refractivity contribution in [3.8, 4) is 11.4 Å². The van der Waals surface area contributed by atoms with Gasteiger partial charge in [-0.15, -0.1) is 0 Å². The predicted octanol–water partition coefficient (Wildman–Crippen LogP) is 3.50. The van der Waals surface area contributed by atoms with Gasteiger partial charge in [-0.2, -0.15) is 9.29 Å². The Morgan fingerprint density at radius 3 is 2.33 bits per heavy atom. The third kappa shape index (κ3) is 3.94. The maximum Gasteiger partial charge on any atom is 0.243 e. The van der Waals surface area contributed by atoms with Crippen LogP contribution < -0.4 is 0 Å². The third-order valence-electron chi connectivity index (χ3n) is 4.73. The number of benzene rings is 2. The van der Waals surface area contributed by atoms with Crippen LogP contribution in [0.1, 0.15) is 30.7 Å². The molecule has 2 heterocycles. The molecule has 7 heteroatoms. The summed E-state index contributed by atoms with van der Waals surface area (Å²) in [5, 5.41) is 4.01. The molecule has 1 fully saturated rings. The van der Waals surface area contributed by atoms with Gasteiger partial charge in [0.15, 0.2) is 0 Å². The first-order chi connectivity index (χ1) is 13.1. The minimum absolute atomic E-state index is 0.337. The van der Waals surface area contributed by atoms with Gasteiger partial charge in [0.25, 0.3) is 0 Å². The topological polar surface area (TPSA) is 76.3 Å². The van der Waals surface area contributed by atoms with Gasteiger partial charge >= 0.3 is 0 Å². The van der Waals surface area contributed by atoms with E-state index in [1.165, 1.54) is 0 Å². The lowest BCUT2D eigenvalue weighted by Crippen LogP contribution is -2.35. The van der Waals surface area contributed by atoms with E-state index in [1.807, 2.05) is 42.5 Å². The van der Waals surface area contributed by atoms with Crippen molar-refractivity contribution in [2.45, 2.75) is 30.6 Å². The monoisotopic (exact) mass is 383 g/mol. The summed E-state index contributed by atoms with van der Waals surface area (Å²) in [6, 6.07) is 16.6. The van der Waals surface area contributed by atoms with Gasteiger partial charge in [-0.1, -0.05) is 54.0 Å². The first-order valence-electron chi connectivity index (χ1n) is 9.10. The SMILES string of the molecule is O=S(=O)(c1ccc(Cc2nc(-c3ccccc3)no2)cc1)N1CCCCC1. The molecule has 0 atom stereocenters. The minimum atomic E-state index is -3.40. The van der Waals surface area contributed by atoms with Crippen LogP contribution in [0.5, 0.6) is 0 Å². The van der Waals surface area contributed by atoms with E-state index in [4.69, 9.17) is 4.52 Å². The van der Waals surface area contributed by atoms with E-state index in [0.29, 0.717) is 36.1 Å². The smallest absolute Gasteiger partial charge is 0.243 e. The lowest BCUT2D eigenvalue weighted by atomic mass is 10.1. The molecule has 1 aliphatic heterocycles. The van der Waals surface area contributed by atoms with Gasteiger partial charge in [-0.25, -0.2) is 8.42 Å². The second kappa shape index (κ2) is 7.62. The summed E-state index contributed by atoms with van der Waals surface area (Å²) in [7, 11) is -3.40. The van der Waals surface area contributed by atoms with Crippen LogP contribution in [0, 0.1) is 0 Å². The fourth-order valence-electron chi connectivity index (χ4n) is 3.24. The van der Waals surface area contributed by atoms with Crippen molar-refractivity contribution < 1.29 is 12.9 Å². The summed E-state index contributed by atoms with van der Waals surface area (Å²) in [6.07, 6.45) is 3.42. The summed E-state index contributed by atoms with van der Waals surface area (Å²) in [4.78, 5) is 4.75. The van der Waals surface area contributed by atoms with Crippen molar-refractivity contribution in [2.75, 3.05) is 13.1 Å². The van der Waals surface area contributed by atoms with Crippen molar-refractivity contribution in [1.82, 2.24) is 14.4 Å². The average Bonchev–Trinajstić information content (AvgIpc) is 3.18. The van der Waals surface area contributed by atoms with Crippen LogP contribution in [-0.2, 0) is 16.4 Å². The fraction of sp³-hybridized carbons (Fsp3) is 0.300. The van der Waals surface area contributed by atoms with Gasteiger partial charge in [0, 0.05) is 18.7 Å². The molecule has 0 radical (unpaired) electrons. The van der Waals surface area contributed by atoms with Crippen molar-refractivity contribution >= 4 is 10.0 Å². The summed E-state index contributed by atoms with van der Waals surface area (Å²) in [6.45, 7) is 1.21. The van der Waals surface area contributed by atoms with Crippen LogP contribution >= 0.6 is 0 Å². The minimum Gasteiger partial charge on any atom is -0.339 e. The predicted molar refractivity (Wildman–Crippen MR) is 102 cm³/mol. The Balaban J connectivity index is 1.48. The van der Waals surface area contributed by atoms with E-state index in [1.54, 1.807) is 16.4 Å². The molecule has 4 rings (SSSR count). The van der Waals surface area contributed by atoms with Gasteiger partial charge in [-0.3, -0.25) is 0 Å². The Hall–Kier alpha value is -2.51. The fourth-order valence-corrected chi connectivity index (χ4v) is 4.76. The Bertz CT molecular complexity index is 992. The molecule has 0 saturated carbocycles. The standard InChI is InChI=1S/C20H21N3O3S/c24-27(25,23-13-5-2-6-14-23)18-11-9-16(10-12-18)15-19-21-20(22-26-19)17-7-3-1-4-8-17/h1,3-4,7-12H,2,5-6,13-15H2. The van der Waals surface area contributed by atoms with Crippen LogP contribution in [0.15, 0.2) is 64.0 Å². The number of piperidine rings is 1. The highest BCUT2D eigenvalue weighted by Crippen LogP contribution is 2.22. The lowest BCUT2D eigenvalue weighted by Gasteiger charge is -2.25. The Morgan fingerprint density at radius 2 is 1.63 bits per heavy atom. The molecule has 0 amide bonds. The molecule has 2 aromatic carbocycles. The molecule has 27 heavy (non-hydrogen) atoms. The number of hydrogen-bond donors (Lipinski definition) is 0. The molecule has 1 aromatic heterocycles. The van der Waals surface area contributed by atoms with Crippen LogP contribution in [0.4, 0.5) is 0 Å². The van der Waals surface area contributed by atoms with E-state index in [-0.39, 0.29) is 0 Å². The third-order valence-corrected chi connectivity index (χ3v) is 6.64. The molecule has 0 N–H and O–H groups in total. The van der Waals surface area contributed by atoms with Crippen LogP contribution in [0.3, 0.4) is 0 Å². The van der Waals surface area contributed by atoms with E-state index < -0.39 is 10.0 Å². The molecule has 1 saturated heterocycles. The van der Waals surface area contributed by atoms with Gasteiger partial charge in [0.2, 0.25) is 21.7 Å². The summed E-state index contributed by atoms with van der Waals surface area (Å²) < 4.78 is 32.3. The molecule has 3 aromatic rings. The zero-order valence-corrected chi connectivity index (χ0v) is 15.7. The van der Waals surface area contributed by atoms with Crippen molar-refractivity contribution in [3.63, 3.8) is 0 Å². The van der Waals surface area contributed by atoms with Gasteiger partial charge in [0.05, 0.1) is 11.3 Å². The van der Waals surface area contributed by atoms with Crippen LogP contribution in [0.25, 0.3) is 11.4 Å². The molecule has 0 unspecified atom stereocenters. The van der Waals surface area contributed by atoms with Gasteiger partial charge in [-0.05, 0) is 30.5 Å². The molecule has 0 bridgehead atoms. The lowest BCUT2D eigenvalue weighted by molar-refractivity contribution is 0.346. The highest BCUT2D eigenvalue weighted by Gasteiger charge is 2.25. The molecular weight excluding hydrogens is 362 g/mol. The summed E-state index contributed by atoms with van der Waals surface area (Å²) in [5.41, 5.74) is 1.83. The first-order valence-corrected chi connectivity index (χ1v) is 10.5. The number of aromatic nitrogens is 2. The maximum absolute atomic E-state index is 12.7. The number of rotatable bonds is 5. The summed E-state index contributed by atoms with van der Waals surface area (Å²) >= 11 is 0. The normalized spacial score (nSPS) is 15.7. The van der Waals surface area contributed by atoms with E-state index in [9.17, 15) is 8.42 Å². The highest BCUT2D eigenvalue weighted by molar-refractivity contribution is 7.89. The zero-order valence-electron chi connectivity index (χ0n) is 14.9. The van der Waals surface area contributed by atoms with Crippen molar-refractivity contribution in [1.29, 1.82) is 0 Å². The van der Waals surface area contributed by atoms with Crippen molar-refractivity contribution in [2.24, 2.45) is 0 Å². The zero-order chi connectivity index (χ0) is 18.7. The van der Waals surface area contributed by atoms with Crippen molar-refractivity contribution in [3.05, 3.63) is 66.1 Å². The summed E-state index contributed by atoms with van der Waals surface area (Å²) in [5.74, 6) is 1.05. The van der Waals surface area contributed by atoms with Crippen LogP contribution in [0.2, 0.25) is 0 Å². The van der Waals surface area contributed by atoms with Gasteiger partial charge < -0.3 is 4.52 Å². The van der Waals surface area contributed by atoms with E-state index in [0.717, 1.165) is 30.4 Å².